The fourth-order valence-corrected chi connectivity index (χ4v) is 4.24. The minimum absolute atomic E-state index is 0.0684. The molecule has 0 aliphatic heterocycles. The van der Waals surface area contributed by atoms with E-state index in [9.17, 15) is 9.59 Å². The van der Waals surface area contributed by atoms with Gasteiger partial charge in [0.25, 0.3) is 0 Å². The van der Waals surface area contributed by atoms with Gasteiger partial charge in [-0.1, -0.05) is 45.4 Å². The zero-order valence-corrected chi connectivity index (χ0v) is 17.1. The highest BCUT2D eigenvalue weighted by molar-refractivity contribution is 5.84. The van der Waals surface area contributed by atoms with Crippen molar-refractivity contribution in [1.82, 2.24) is 4.98 Å². The highest BCUT2D eigenvalue weighted by Gasteiger charge is 2.33. The van der Waals surface area contributed by atoms with Crippen LogP contribution in [0.1, 0.15) is 52.0 Å². The number of rotatable bonds is 7. The van der Waals surface area contributed by atoms with E-state index in [0.717, 1.165) is 29.3 Å². The molecule has 2 aromatic rings. The first-order chi connectivity index (χ1) is 13.4. The largest absolute Gasteiger partial charge is 0.460 e. The number of para-hydroxylation sites is 1. The summed E-state index contributed by atoms with van der Waals surface area (Å²) in [6.07, 6.45) is 5.82. The van der Waals surface area contributed by atoms with Crippen molar-refractivity contribution in [2.24, 2.45) is 17.8 Å². The molecule has 0 spiro atoms. The van der Waals surface area contributed by atoms with Crippen molar-refractivity contribution in [2.75, 3.05) is 6.61 Å². The van der Waals surface area contributed by atoms with Gasteiger partial charge in [0.15, 0.2) is 6.61 Å². The van der Waals surface area contributed by atoms with Crippen LogP contribution in [0.3, 0.4) is 0 Å². The van der Waals surface area contributed by atoms with Crippen molar-refractivity contribution < 1.29 is 19.1 Å². The molecule has 1 N–H and O–H groups in total. The van der Waals surface area contributed by atoms with Gasteiger partial charge in [-0.15, -0.1) is 0 Å². The van der Waals surface area contributed by atoms with Crippen LogP contribution in [0.5, 0.6) is 0 Å². The maximum Gasteiger partial charge on any atom is 0.344 e. The van der Waals surface area contributed by atoms with E-state index in [4.69, 9.17) is 9.47 Å². The van der Waals surface area contributed by atoms with Gasteiger partial charge in [0, 0.05) is 23.5 Å². The molecule has 0 amide bonds. The van der Waals surface area contributed by atoms with Gasteiger partial charge < -0.3 is 14.5 Å². The number of ether oxygens (including phenoxy) is 2. The van der Waals surface area contributed by atoms with Crippen LogP contribution in [0.4, 0.5) is 0 Å². The molecule has 1 saturated carbocycles. The number of fused-ring (bicyclic) bond motifs is 1. The first-order valence-corrected chi connectivity index (χ1v) is 10.3. The summed E-state index contributed by atoms with van der Waals surface area (Å²) in [4.78, 5) is 27.4. The van der Waals surface area contributed by atoms with Gasteiger partial charge in [-0.2, -0.15) is 0 Å². The lowest BCUT2D eigenvalue weighted by molar-refractivity contribution is -0.167. The maximum atomic E-state index is 12.2. The van der Waals surface area contributed by atoms with Crippen LogP contribution in [-0.4, -0.2) is 29.6 Å². The molecule has 0 saturated heterocycles. The van der Waals surface area contributed by atoms with Crippen LogP contribution < -0.4 is 0 Å². The molecule has 3 rings (SSSR count). The van der Waals surface area contributed by atoms with Crippen molar-refractivity contribution in [3.63, 3.8) is 0 Å². The van der Waals surface area contributed by atoms with Crippen molar-refractivity contribution in [2.45, 2.75) is 59.0 Å². The number of aromatic nitrogens is 1. The molecule has 1 fully saturated rings. The Morgan fingerprint density at radius 3 is 2.75 bits per heavy atom. The molecule has 152 valence electrons. The van der Waals surface area contributed by atoms with E-state index in [1.807, 2.05) is 30.5 Å². The number of nitrogens with one attached hydrogen (secondary N) is 1. The number of aryl methyl sites for hydroxylation is 1. The summed E-state index contributed by atoms with van der Waals surface area (Å²) in [5.74, 6) is 0.609. The van der Waals surface area contributed by atoms with E-state index in [1.165, 1.54) is 6.42 Å². The Hall–Kier alpha value is -2.30. The molecule has 0 bridgehead atoms. The normalized spacial score (nSPS) is 22.4. The lowest BCUT2D eigenvalue weighted by Crippen LogP contribution is -2.36. The van der Waals surface area contributed by atoms with Crippen molar-refractivity contribution >= 4 is 22.8 Å². The Morgan fingerprint density at radius 2 is 1.96 bits per heavy atom. The number of benzene rings is 1. The van der Waals surface area contributed by atoms with E-state index < -0.39 is 5.97 Å². The van der Waals surface area contributed by atoms with Crippen LogP contribution in [-0.2, 0) is 25.5 Å². The second-order valence-electron chi connectivity index (χ2n) is 8.37. The second-order valence-corrected chi connectivity index (χ2v) is 8.37. The predicted molar refractivity (Wildman–Crippen MR) is 109 cm³/mol. The molecule has 3 atom stereocenters. The van der Waals surface area contributed by atoms with Crippen LogP contribution >= 0.6 is 0 Å². The third kappa shape index (κ3) is 5.15. The van der Waals surface area contributed by atoms with E-state index in [0.29, 0.717) is 24.2 Å². The Morgan fingerprint density at radius 1 is 1.18 bits per heavy atom. The van der Waals surface area contributed by atoms with Crippen LogP contribution in [0.15, 0.2) is 30.5 Å². The summed E-state index contributed by atoms with van der Waals surface area (Å²) in [5, 5.41) is 1.11. The van der Waals surface area contributed by atoms with Gasteiger partial charge >= 0.3 is 11.9 Å². The minimum atomic E-state index is -0.440. The second kappa shape index (κ2) is 9.26. The Labute approximate surface area is 166 Å². The molecule has 1 aromatic heterocycles. The first-order valence-electron chi connectivity index (χ1n) is 10.3. The first kappa shape index (κ1) is 20.4. The number of hydrogen-bond acceptors (Lipinski definition) is 4. The molecule has 5 nitrogen and oxygen atoms in total. The third-order valence-corrected chi connectivity index (χ3v) is 5.87. The molecule has 1 aromatic carbocycles. The van der Waals surface area contributed by atoms with Crippen LogP contribution in [0, 0.1) is 17.8 Å². The summed E-state index contributed by atoms with van der Waals surface area (Å²) in [5.41, 5.74) is 2.13. The summed E-state index contributed by atoms with van der Waals surface area (Å²) < 4.78 is 10.8. The fraction of sp³-hybridized carbons (Fsp3) is 0.565. The quantitative estimate of drug-likeness (QED) is 0.705. The molecule has 1 aliphatic carbocycles. The van der Waals surface area contributed by atoms with E-state index in [-0.39, 0.29) is 25.1 Å². The third-order valence-electron chi connectivity index (χ3n) is 5.87. The molecule has 1 heterocycles. The standard InChI is InChI=1S/C23H31NO4/c1-15(2)18-10-8-16(3)12-21(18)28-23(26)14-27-22(25)11-9-17-13-24-20-7-5-4-6-19(17)20/h4-7,13,15-16,18,21,24H,8-12,14H2,1-3H3/t16-,18+,21+/m1/s1. The monoisotopic (exact) mass is 385 g/mol. The Balaban J connectivity index is 1.44. The molecule has 5 heteroatoms. The Kier molecular flexibility index (Phi) is 6.76. The topological polar surface area (TPSA) is 68.4 Å². The number of esters is 2. The van der Waals surface area contributed by atoms with E-state index in [2.05, 4.69) is 25.8 Å². The van der Waals surface area contributed by atoms with Gasteiger partial charge in [0.2, 0.25) is 0 Å². The number of carbonyl (C=O) groups is 2. The molecular formula is C23H31NO4. The number of carbonyl (C=O) groups excluding carboxylic acids is 2. The molecular weight excluding hydrogens is 354 g/mol. The lowest BCUT2D eigenvalue weighted by Gasteiger charge is -2.36. The lowest BCUT2D eigenvalue weighted by atomic mass is 9.75. The van der Waals surface area contributed by atoms with Gasteiger partial charge in [-0.05, 0) is 48.6 Å². The van der Waals surface area contributed by atoms with Gasteiger partial charge in [0.05, 0.1) is 0 Å². The number of H-pyrrole nitrogens is 1. The van der Waals surface area contributed by atoms with Crippen molar-refractivity contribution in [3.8, 4) is 0 Å². The van der Waals surface area contributed by atoms with Crippen LogP contribution in [0.2, 0.25) is 0 Å². The highest BCUT2D eigenvalue weighted by atomic mass is 16.6. The van der Waals surface area contributed by atoms with Crippen molar-refractivity contribution in [1.29, 1.82) is 0 Å². The minimum Gasteiger partial charge on any atom is -0.460 e. The SMILES string of the molecule is CC(C)[C@@H]1CC[C@@H](C)C[C@@H]1OC(=O)COC(=O)CCc1c[nH]c2ccccc12. The average molecular weight is 386 g/mol. The Bertz CT molecular complexity index is 810. The van der Waals surface area contributed by atoms with E-state index >= 15 is 0 Å². The zero-order chi connectivity index (χ0) is 20.1. The van der Waals surface area contributed by atoms with Crippen molar-refractivity contribution in [3.05, 3.63) is 36.0 Å². The maximum absolute atomic E-state index is 12.2. The fourth-order valence-electron chi connectivity index (χ4n) is 4.24. The van der Waals surface area contributed by atoms with Gasteiger partial charge in [0.1, 0.15) is 6.10 Å². The predicted octanol–water partition coefficient (Wildman–Crippen LogP) is 4.65. The number of hydrogen-bond donors (Lipinski definition) is 1. The summed E-state index contributed by atoms with van der Waals surface area (Å²) in [6, 6.07) is 7.98. The van der Waals surface area contributed by atoms with Gasteiger partial charge in [-0.3, -0.25) is 4.79 Å². The van der Waals surface area contributed by atoms with E-state index in [1.54, 1.807) is 0 Å². The summed E-state index contributed by atoms with van der Waals surface area (Å²) in [7, 11) is 0. The molecule has 1 aliphatic rings. The van der Waals surface area contributed by atoms with Gasteiger partial charge in [-0.25, -0.2) is 4.79 Å². The molecule has 0 radical (unpaired) electrons. The van der Waals surface area contributed by atoms with Crippen LogP contribution in [0.25, 0.3) is 10.9 Å². The summed E-state index contributed by atoms with van der Waals surface area (Å²) in [6.45, 7) is 6.24. The highest BCUT2D eigenvalue weighted by Crippen LogP contribution is 2.35. The summed E-state index contributed by atoms with van der Waals surface area (Å²) >= 11 is 0. The number of aromatic amines is 1. The molecule has 0 unspecified atom stereocenters. The zero-order valence-electron chi connectivity index (χ0n) is 17.1. The average Bonchev–Trinajstić information content (AvgIpc) is 3.08. The smallest absolute Gasteiger partial charge is 0.344 e. The molecule has 28 heavy (non-hydrogen) atoms.